The lowest BCUT2D eigenvalue weighted by molar-refractivity contribution is -0.142. The Kier molecular flexibility index (Phi) is 2.74. The van der Waals surface area contributed by atoms with Gasteiger partial charge in [-0.2, -0.15) is 0 Å². The molecule has 1 rings (SSSR count). The molecule has 1 aliphatic rings. The minimum Gasteiger partial charge on any atom is -0.260 e. The predicted molar refractivity (Wildman–Crippen MR) is 48.9 cm³/mol. The van der Waals surface area contributed by atoms with Gasteiger partial charge in [-0.15, -0.1) is 0 Å². The highest BCUT2D eigenvalue weighted by molar-refractivity contribution is 14.1. The van der Waals surface area contributed by atoms with Gasteiger partial charge in [0.25, 0.3) is 5.92 Å². The summed E-state index contributed by atoms with van der Waals surface area (Å²) < 4.78 is 28.7. The van der Waals surface area contributed by atoms with Gasteiger partial charge in [-0.1, -0.05) is 6.42 Å². The first-order chi connectivity index (χ1) is 5.02. The van der Waals surface area contributed by atoms with Crippen LogP contribution in [0.2, 0.25) is 0 Å². The Morgan fingerprint density at radius 3 is 2.18 bits per heavy atom. The molecule has 0 heterocycles. The molecule has 1 saturated carbocycles. The molecule has 0 bridgehead atoms. The molecule has 0 atom stereocenters. The van der Waals surface area contributed by atoms with Crippen LogP contribution in [0.3, 0.4) is 0 Å². The van der Waals surface area contributed by atoms with Crippen LogP contribution in [-0.4, -0.2) is 12.5 Å². The zero-order chi connectivity index (χ0) is 8.54. The summed E-state index contributed by atoms with van der Waals surface area (Å²) in [5.74, 6) is -2.52. The second-order valence-electron chi connectivity index (χ2n) is 3.33. The molecule has 0 amide bonds. The lowest BCUT2D eigenvalue weighted by atomic mass is 9.65. The fraction of sp³-hybridized carbons (Fsp3) is 1.00. The lowest BCUT2D eigenvalue weighted by Gasteiger charge is -2.45. The van der Waals surface area contributed by atoms with E-state index in [1.54, 1.807) is 0 Å². The second kappa shape index (κ2) is 3.12. The highest BCUT2D eigenvalue weighted by Crippen LogP contribution is 2.51. The Balaban J connectivity index is 2.60. The molecule has 0 spiro atoms. The Morgan fingerprint density at radius 2 is 2.09 bits per heavy atom. The summed E-state index contributed by atoms with van der Waals surface area (Å²) in [7, 11) is 0. The number of rotatable bonds is 3. The van der Waals surface area contributed by atoms with Crippen molar-refractivity contribution in [3.8, 4) is 0 Å². The van der Waals surface area contributed by atoms with Gasteiger partial charge in [0.05, 0.1) is 0 Å². The summed E-state index contributed by atoms with van der Waals surface area (Å²) in [6.45, 7) is 1.46. The maximum atomic E-state index is 13.0. The van der Waals surface area contributed by atoms with Crippen molar-refractivity contribution < 1.29 is 8.78 Å². The number of halogens is 3. The average Bonchev–Trinajstić information content (AvgIpc) is 1.75. The molecule has 4 heteroatoms. The summed E-state index contributed by atoms with van der Waals surface area (Å²) >= 11 is 1.93. The quantitative estimate of drug-likeness (QED) is 0.617. The van der Waals surface area contributed by atoms with Crippen LogP contribution in [0.5, 0.6) is 0 Å². The van der Waals surface area contributed by atoms with E-state index in [4.69, 9.17) is 0 Å². The summed E-state index contributed by atoms with van der Waals surface area (Å²) in [4.78, 5) is 0. The monoisotopic (exact) mass is 275 g/mol. The van der Waals surface area contributed by atoms with Crippen LogP contribution in [0.15, 0.2) is 0 Å². The molecule has 66 valence electrons. The van der Waals surface area contributed by atoms with Crippen LogP contribution in [0.4, 0.5) is 8.78 Å². The van der Waals surface area contributed by atoms with Gasteiger partial charge in [-0.05, 0) is 19.8 Å². The maximum absolute atomic E-state index is 13.0. The molecule has 0 aromatic heterocycles. The van der Waals surface area contributed by atoms with Gasteiger partial charge in [-0.3, -0.25) is 3.53 Å². The van der Waals surface area contributed by atoms with E-state index in [0.717, 1.165) is 13.3 Å². The van der Waals surface area contributed by atoms with Crippen molar-refractivity contribution in [2.75, 3.05) is 6.54 Å². The first kappa shape index (κ1) is 9.64. The molecule has 0 unspecified atom stereocenters. The fourth-order valence-electron chi connectivity index (χ4n) is 1.50. The zero-order valence-electron chi connectivity index (χ0n) is 6.46. The average molecular weight is 275 g/mol. The molecule has 0 saturated heterocycles. The first-order valence-electron chi connectivity index (χ1n) is 3.73. The molecule has 1 aliphatic carbocycles. The molecule has 0 aromatic rings. The van der Waals surface area contributed by atoms with Crippen molar-refractivity contribution in [3.05, 3.63) is 0 Å². The van der Waals surface area contributed by atoms with Gasteiger partial charge in [0.1, 0.15) is 0 Å². The van der Waals surface area contributed by atoms with Gasteiger partial charge in [-0.25, -0.2) is 8.78 Å². The van der Waals surface area contributed by atoms with E-state index in [1.165, 1.54) is 0 Å². The normalized spacial score (nSPS) is 22.9. The summed E-state index contributed by atoms with van der Waals surface area (Å²) in [6.07, 6.45) is 2.26. The Bertz CT molecular complexity index is 140. The molecule has 1 nitrogen and oxygen atoms in total. The third kappa shape index (κ3) is 1.66. The van der Waals surface area contributed by atoms with Crippen LogP contribution in [0.25, 0.3) is 0 Å². The van der Waals surface area contributed by atoms with Crippen molar-refractivity contribution in [3.63, 3.8) is 0 Å². The van der Waals surface area contributed by atoms with Crippen LogP contribution >= 0.6 is 22.9 Å². The molecule has 1 fully saturated rings. The minimum absolute atomic E-state index is 0.428. The molecule has 0 aromatic carbocycles. The molecular formula is C7H12F2IN. The highest BCUT2D eigenvalue weighted by Gasteiger charge is 2.53. The predicted octanol–water partition coefficient (Wildman–Crippen LogP) is 2.75. The van der Waals surface area contributed by atoms with Crippen LogP contribution in [-0.2, 0) is 0 Å². The third-order valence-corrected chi connectivity index (χ3v) is 3.03. The number of hydrogen-bond donors (Lipinski definition) is 1. The third-order valence-electron chi connectivity index (χ3n) is 2.65. The number of hydrogen-bond acceptors (Lipinski definition) is 1. The molecular weight excluding hydrogens is 263 g/mol. The van der Waals surface area contributed by atoms with E-state index in [2.05, 4.69) is 3.53 Å². The van der Waals surface area contributed by atoms with Crippen molar-refractivity contribution in [2.24, 2.45) is 5.41 Å². The van der Waals surface area contributed by atoms with E-state index in [-0.39, 0.29) is 0 Å². The van der Waals surface area contributed by atoms with Gasteiger partial charge >= 0.3 is 0 Å². The standard InChI is InChI=1S/C7H12F2IN/c1-6(8,9)7(5-11-10)3-2-4-7/h11H,2-5H2,1H3. The molecule has 0 radical (unpaired) electrons. The van der Waals surface area contributed by atoms with Crippen molar-refractivity contribution in [1.82, 2.24) is 3.53 Å². The zero-order valence-corrected chi connectivity index (χ0v) is 8.62. The largest absolute Gasteiger partial charge is 0.260 e. The van der Waals surface area contributed by atoms with Gasteiger partial charge < -0.3 is 0 Å². The van der Waals surface area contributed by atoms with Crippen molar-refractivity contribution >= 4 is 22.9 Å². The van der Waals surface area contributed by atoms with Crippen LogP contribution in [0.1, 0.15) is 26.2 Å². The van der Waals surface area contributed by atoms with Crippen molar-refractivity contribution in [1.29, 1.82) is 0 Å². The molecule has 11 heavy (non-hydrogen) atoms. The van der Waals surface area contributed by atoms with E-state index >= 15 is 0 Å². The van der Waals surface area contributed by atoms with Gasteiger partial charge in [0.2, 0.25) is 0 Å². The van der Waals surface area contributed by atoms with E-state index in [1.807, 2.05) is 22.9 Å². The summed E-state index contributed by atoms with van der Waals surface area (Å²) in [5.41, 5.74) is -0.742. The highest BCUT2D eigenvalue weighted by atomic mass is 127. The Hall–Kier alpha value is 0.550. The van der Waals surface area contributed by atoms with Gasteiger partial charge in [0, 0.05) is 34.8 Å². The smallest absolute Gasteiger partial charge is 0.252 e. The molecule has 1 N–H and O–H groups in total. The maximum Gasteiger partial charge on any atom is 0.252 e. The first-order valence-corrected chi connectivity index (χ1v) is 4.81. The van der Waals surface area contributed by atoms with Crippen LogP contribution in [0, 0.1) is 5.41 Å². The Labute approximate surface area is 79.4 Å². The lowest BCUT2D eigenvalue weighted by Crippen LogP contribution is -2.49. The Morgan fingerprint density at radius 1 is 1.55 bits per heavy atom. The summed E-state index contributed by atoms with van der Waals surface area (Å²) in [6, 6.07) is 0. The van der Waals surface area contributed by atoms with E-state index in [9.17, 15) is 8.78 Å². The van der Waals surface area contributed by atoms with Crippen LogP contribution < -0.4 is 3.53 Å². The second-order valence-corrected chi connectivity index (χ2v) is 4.10. The summed E-state index contributed by atoms with van der Waals surface area (Å²) in [5, 5.41) is 0. The van der Waals surface area contributed by atoms with E-state index < -0.39 is 11.3 Å². The fourth-order valence-corrected chi connectivity index (χ4v) is 2.23. The molecule has 0 aliphatic heterocycles. The number of alkyl halides is 2. The van der Waals surface area contributed by atoms with Crippen molar-refractivity contribution in [2.45, 2.75) is 32.1 Å². The van der Waals surface area contributed by atoms with Gasteiger partial charge in [0.15, 0.2) is 0 Å². The topological polar surface area (TPSA) is 12.0 Å². The van der Waals surface area contributed by atoms with E-state index in [0.29, 0.717) is 19.4 Å². The SMILES string of the molecule is CC(F)(F)C1(CNI)CCC1. The number of nitrogens with one attached hydrogen (secondary N) is 1. The minimum atomic E-state index is -2.52.